The normalized spacial score (nSPS) is 13.7. The standard InChI is InChI=1S/C16H27NO2/c1-7-15(19)17-16(8-2,14(6)18)10-9-13(5)11-12(3)4/h7,12H,1,5,8-11H2,2-4,6H3,(H,17,19). The predicted octanol–water partition coefficient (Wildman–Crippen LogP) is 3.41. The quantitative estimate of drug-likeness (QED) is 0.513. The Morgan fingerprint density at radius 2 is 1.95 bits per heavy atom. The van der Waals surface area contributed by atoms with Crippen molar-refractivity contribution in [1.82, 2.24) is 5.32 Å². The van der Waals surface area contributed by atoms with Crippen LogP contribution in [0.15, 0.2) is 24.8 Å². The van der Waals surface area contributed by atoms with Crippen LogP contribution in [-0.4, -0.2) is 17.2 Å². The molecule has 0 saturated heterocycles. The summed E-state index contributed by atoms with van der Waals surface area (Å²) >= 11 is 0. The van der Waals surface area contributed by atoms with Gasteiger partial charge < -0.3 is 5.32 Å². The Morgan fingerprint density at radius 1 is 1.37 bits per heavy atom. The Balaban J connectivity index is 4.77. The molecule has 1 unspecified atom stereocenters. The molecule has 0 saturated carbocycles. The molecule has 0 aliphatic heterocycles. The van der Waals surface area contributed by atoms with E-state index in [0.29, 0.717) is 18.8 Å². The Bertz CT molecular complexity index is 358. The van der Waals surface area contributed by atoms with E-state index in [1.165, 1.54) is 13.0 Å². The summed E-state index contributed by atoms with van der Waals surface area (Å²) in [7, 11) is 0. The van der Waals surface area contributed by atoms with Gasteiger partial charge in [0.2, 0.25) is 5.91 Å². The largest absolute Gasteiger partial charge is 0.340 e. The lowest BCUT2D eigenvalue weighted by atomic mass is 9.84. The molecular formula is C16H27NO2. The number of carbonyl (C=O) groups is 2. The molecule has 108 valence electrons. The van der Waals surface area contributed by atoms with Crippen LogP contribution in [0.2, 0.25) is 0 Å². The first kappa shape index (κ1) is 17.6. The number of allylic oxidation sites excluding steroid dienone is 1. The molecule has 19 heavy (non-hydrogen) atoms. The second kappa shape index (κ2) is 7.93. The molecule has 1 amide bonds. The van der Waals surface area contributed by atoms with Crippen LogP contribution < -0.4 is 5.32 Å². The van der Waals surface area contributed by atoms with E-state index in [0.717, 1.165) is 18.4 Å². The number of carbonyl (C=O) groups excluding carboxylic acids is 2. The zero-order chi connectivity index (χ0) is 15.1. The third-order valence-electron chi connectivity index (χ3n) is 3.43. The van der Waals surface area contributed by atoms with Crippen molar-refractivity contribution in [2.75, 3.05) is 0 Å². The maximum atomic E-state index is 11.9. The van der Waals surface area contributed by atoms with Crippen molar-refractivity contribution in [3.05, 3.63) is 24.8 Å². The van der Waals surface area contributed by atoms with Crippen LogP contribution in [-0.2, 0) is 9.59 Å². The molecule has 3 nitrogen and oxygen atoms in total. The molecule has 0 aliphatic rings. The summed E-state index contributed by atoms with van der Waals surface area (Å²) in [5, 5.41) is 2.79. The van der Waals surface area contributed by atoms with Crippen LogP contribution in [0, 0.1) is 5.92 Å². The molecule has 3 heteroatoms. The highest BCUT2D eigenvalue weighted by molar-refractivity contribution is 5.95. The van der Waals surface area contributed by atoms with E-state index in [-0.39, 0.29) is 11.7 Å². The Labute approximate surface area is 117 Å². The van der Waals surface area contributed by atoms with Gasteiger partial charge in [-0.25, -0.2) is 0 Å². The lowest BCUT2D eigenvalue weighted by Gasteiger charge is -2.31. The highest BCUT2D eigenvalue weighted by Crippen LogP contribution is 2.24. The van der Waals surface area contributed by atoms with Gasteiger partial charge in [0, 0.05) is 0 Å². The summed E-state index contributed by atoms with van der Waals surface area (Å²) in [6, 6.07) is 0. The number of rotatable bonds is 9. The number of amides is 1. The van der Waals surface area contributed by atoms with Crippen molar-refractivity contribution in [1.29, 1.82) is 0 Å². The molecule has 1 atom stereocenters. The zero-order valence-corrected chi connectivity index (χ0v) is 12.7. The minimum atomic E-state index is -0.787. The van der Waals surface area contributed by atoms with Gasteiger partial charge in [-0.15, -0.1) is 0 Å². The third-order valence-corrected chi connectivity index (χ3v) is 3.43. The zero-order valence-electron chi connectivity index (χ0n) is 12.7. The third kappa shape index (κ3) is 5.86. The van der Waals surface area contributed by atoms with Crippen LogP contribution in [0.4, 0.5) is 0 Å². The molecule has 0 radical (unpaired) electrons. The van der Waals surface area contributed by atoms with Crippen molar-refractivity contribution >= 4 is 11.7 Å². The monoisotopic (exact) mass is 265 g/mol. The van der Waals surface area contributed by atoms with E-state index < -0.39 is 5.54 Å². The highest BCUT2D eigenvalue weighted by Gasteiger charge is 2.34. The summed E-state index contributed by atoms with van der Waals surface area (Å²) in [4.78, 5) is 23.4. The van der Waals surface area contributed by atoms with Gasteiger partial charge in [-0.1, -0.05) is 39.5 Å². The van der Waals surface area contributed by atoms with Gasteiger partial charge in [-0.2, -0.15) is 0 Å². The van der Waals surface area contributed by atoms with Crippen LogP contribution >= 0.6 is 0 Å². The molecule has 0 rings (SSSR count). The molecule has 0 aromatic heterocycles. The maximum Gasteiger partial charge on any atom is 0.244 e. The summed E-state index contributed by atoms with van der Waals surface area (Å²) in [6.07, 6.45) is 4.09. The van der Waals surface area contributed by atoms with Crippen molar-refractivity contribution in [2.45, 2.75) is 58.9 Å². The summed E-state index contributed by atoms with van der Waals surface area (Å²) in [5.74, 6) is 0.248. The lowest BCUT2D eigenvalue weighted by molar-refractivity contribution is -0.129. The van der Waals surface area contributed by atoms with Gasteiger partial charge in [0.05, 0.1) is 5.54 Å². The van der Waals surface area contributed by atoms with Crippen LogP contribution in [0.3, 0.4) is 0 Å². The fourth-order valence-corrected chi connectivity index (χ4v) is 2.20. The van der Waals surface area contributed by atoms with E-state index in [2.05, 4.69) is 32.3 Å². The first-order chi connectivity index (χ1) is 8.77. The van der Waals surface area contributed by atoms with Crippen molar-refractivity contribution in [3.63, 3.8) is 0 Å². The molecule has 0 aliphatic carbocycles. The topological polar surface area (TPSA) is 46.2 Å². The van der Waals surface area contributed by atoms with Gasteiger partial charge in [-0.3, -0.25) is 9.59 Å². The van der Waals surface area contributed by atoms with Crippen molar-refractivity contribution < 1.29 is 9.59 Å². The van der Waals surface area contributed by atoms with Gasteiger partial charge in [0.15, 0.2) is 5.78 Å². The summed E-state index contributed by atoms with van der Waals surface area (Å²) in [5.41, 5.74) is 0.340. The van der Waals surface area contributed by atoms with Gasteiger partial charge in [0.25, 0.3) is 0 Å². The van der Waals surface area contributed by atoms with E-state index in [1.54, 1.807) is 0 Å². The van der Waals surface area contributed by atoms with E-state index >= 15 is 0 Å². The van der Waals surface area contributed by atoms with Gasteiger partial charge >= 0.3 is 0 Å². The fraction of sp³-hybridized carbons (Fsp3) is 0.625. The van der Waals surface area contributed by atoms with E-state index in [4.69, 9.17) is 0 Å². The molecule has 0 aromatic carbocycles. The summed E-state index contributed by atoms with van der Waals surface area (Å²) < 4.78 is 0. The lowest BCUT2D eigenvalue weighted by Crippen LogP contribution is -2.52. The van der Waals surface area contributed by atoms with Crippen LogP contribution in [0.5, 0.6) is 0 Å². The Morgan fingerprint density at radius 3 is 2.32 bits per heavy atom. The molecule has 0 bridgehead atoms. The number of hydrogen-bond acceptors (Lipinski definition) is 2. The molecule has 0 fully saturated rings. The minimum absolute atomic E-state index is 0.0115. The minimum Gasteiger partial charge on any atom is -0.340 e. The number of ketones is 1. The van der Waals surface area contributed by atoms with Crippen molar-refractivity contribution in [2.24, 2.45) is 5.92 Å². The van der Waals surface area contributed by atoms with Crippen LogP contribution in [0.1, 0.15) is 53.4 Å². The molecular weight excluding hydrogens is 238 g/mol. The first-order valence-corrected chi connectivity index (χ1v) is 6.89. The average molecular weight is 265 g/mol. The smallest absolute Gasteiger partial charge is 0.244 e. The number of nitrogens with one attached hydrogen (secondary N) is 1. The van der Waals surface area contributed by atoms with Crippen molar-refractivity contribution in [3.8, 4) is 0 Å². The first-order valence-electron chi connectivity index (χ1n) is 6.89. The van der Waals surface area contributed by atoms with Crippen LogP contribution in [0.25, 0.3) is 0 Å². The molecule has 1 N–H and O–H groups in total. The van der Waals surface area contributed by atoms with Gasteiger partial charge in [0.1, 0.15) is 0 Å². The highest BCUT2D eigenvalue weighted by atomic mass is 16.2. The second-order valence-electron chi connectivity index (χ2n) is 5.53. The maximum absolute atomic E-state index is 11.9. The number of Topliss-reactive ketones (excluding diaryl/α,β-unsaturated/α-hetero) is 1. The van der Waals surface area contributed by atoms with E-state index in [1.807, 2.05) is 6.92 Å². The summed E-state index contributed by atoms with van der Waals surface area (Å²) in [6.45, 7) is 15.2. The predicted molar refractivity (Wildman–Crippen MR) is 79.9 cm³/mol. The van der Waals surface area contributed by atoms with E-state index in [9.17, 15) is 9.59 Å². The Hall–Kier alpha value is -1.38. The second-order valence-corrected chi connectivity index (χ2v) is 5.53. The molecule has 0 heterocycles. The fourth-order valence-electron chi connectivity index (χ4n) is 2.20. The SMILES string of the molecule is C=CC(=O)NC(CC)(CCC(=C)CC(C)C)C(C)=O. The average Bonchev–Trinajstić information content (AvgIpc) is 2.32. The molecule has 0 spiro atoms. The van der Waals surface area contributed by atoms with Gasteiger partial charge in [-0.05, 0) is 44.6 Å². The Kier molecular flexibility index (Phi) is 7.35. The number of hydrogen-bond donors (Lipinski definition) is 1. The molecule has 0 aromatic rings.